The van der Waals surface area contributed by atoms with Crippen LogP contribution < -0.4 is 0 Å². The van der Waals surface area contributed by atoms with Crippen molar-refractivity contribution < 1.29 is 49.6 Å². The Morgan fingerprint density at radius 1 is 0.897 bits per heavy atom. The van der Waals surface area contributed by atoms with E-state index in [1.807, 2.05) is 30.3 Å². The predicted molar refractivity (Wildman–Crippen MR) is 96.5 cm³/mol. The van der Waals surface area contributed by atoms with Crippen LogP contribution in [0.4, 0.5) is 0 Å². The number of aliphatic hydroxyl groups is 6. The number of ether oxygens (including phenoxy) is 4. The predicted octanol–water partition coefficient (Wildman–Crippen LogP) is -2.49. The third-order valence-corrected chi connectivity index (χ3v) is 5.09. The molecular formula is C19H28O10. The quantitative estimate of drug-likeness (QED) is 0.281. The van der Waals surface area contributed by atoms with Crippen LogP contribution in [0.2, 0.25) is 0 Å². The van der Waals surface area contributed by atoms with Crippen LogP contribution in [0.15, 0.2) is 30.3 Å². The van der Waals surface area contributed by atoms with Gasteiger partial charge in [0, 0.05) is 0 Å². The summed E-state index contributed by atoms with van der Waals surface area (Å²) in [6.07, 6.45) is -11.7. The van der Waals surface area contributed by atoms with Gasteiger partial charge in [-0.3, -0.25) is 0 Å². The molecule has 0 radical (unpaired) electrons. The van der Waals surface area contributed by atoms with Crippen molar-refractivity contribution in [3.8, 4) is 0 Å². The van der Waals surface area contributed by atoms with Crippen LogP contribution in [0, 0.1) is 0 Å². The van der Waals surface area contributed by atoms with E-state index in [-0.39, 0.29) is 13.2 Å². The third-order valence-electron chi connectivity index (χ3n) is 5.09. The molecule has 0 spiro atoms. The molecule has 2 fully saturated rings. The number of hydrogen-bond donors (Lipinski definition) is 6. The van der Waals surface area contributed by atoms with Crippen LogP contribution in [0.25, 0.3) is 0 Å². The minimum Gasteiger partial charge on any atom is -0.394 e. The van der Waals surface area contributed by atoms with Crippen LogP contribution in [0.1, 0.15) is 5.56 Å². The van der Waals surface area contributed by atoms with Crippen molar-refractivity contribution in [2.45, 2.75) is 61.7 Å². The number of aliphatic hydroxyl groups excluding tert-OH is 6. The van der Waals surface area contributed by atoms with Crippen LogP contribution in [-0.2, 0) is 25.4 Å². The first-order chi connectivity index (χ1) is 13.9. The van der Waals surface area contributed by atoms with E-state index < -0.39 is 61.9 Å². The molecule has 0 aliphatic carbocycles. The van der Waals surface area contributed by atoms with E-state index in [2.05, 4.69) is 0 Å². The topological polar surface area (TPSA) is 158 Å². The average molecular weight is 416 g/mol. The first kappa shape index (κ1) is 22.5. The molecule has 2 aliphatic rings. The minimum absolute atomic E-state index is 0.199. The molecule has 0 unspecified atom stereocenters. The van der Waals surface area contributed by atoms with Gasteiger partial charge in [-0.05, 0) is 12.0 Å². The van der Waals surface area contributed by atoms with Crippen LogP contribution in [-0.4, -0.2) is 106 Å². The van der Waals surface area contributed by atoms with Crippen molar-refractivity contribution in [1.29, 1.82) is 0 Å². The van der Waals surface area contributed by atoms with E-state index in [9.17, 15) is 30.6 Å². The second kappa shape index (κ2) is 10.2. The SMILES string of the molecule is OC[C@H]1O[C@H](OCCc2ccccc2)[C@H](O[C@H]2OC[C@@H](O)[C@H](O)[C@H]2O)[C@@H](O)[C@@H]1O. The highest BCUT2D eigenvalue weighted by Crippen LogP contribution is 2.28. The Kier molecular flexibility index (Phi) is 7.93. The molecule has 2 aliphatic heterocycles. The van der Waals surface area contributed by atoms with E-state index in [0.717, 1.165) is 5.56 Å². The molecule has 2 heterocycles. The van der Waals surface area contributed by atoms with Gasteiger partial charge in [0.2, 0.25) is 0 Å². The maximum absolute atomic E-state index is 10.5. The molecule has 29 heavy (non-hydrogen) atoms. The standard InChI is InChI=1S/C19H28O10/c20-8-12-14(23)15(24)17(29-18-16(25)13(22)11(21)9-27-18)19(28-12)26-7-6-10-4-2-1-3-5-10/h1-5,11-25H,6-9H2/t11-,12-,13+,14-,15+,16-,17-,18-,19+/m1/s1. The van der Waals surface area contributed by atoms with Crippen LogP contribution >= 0.6 is 0 Å². The molecule has 10 nitrogen and oxygen atoms in total. The van der Waals surface area contributed by atoms with Gasteiger partial charge in [0.25, 0.3) is 0 Å². The Morgan fingerprint density at radius 2 is 1.62 bits per heavy atom. The fraction of sp³-hybridized carbons (Fsp3) is 0.684. The second-order valence-corrected chi connectivity index (χ2v) is 7.16. The highest BCUT2D eigenvalue weighted by atomic mass is 16.7. The monoisotopic (exact) mass is 416 g/mol. The molecule has 164 valence electrons. The van der Waals surface area contributed by atoms with E-state index in [0.29, 0.717) is 6.42 Å². The fourth-order valence-electron chi connectivity index (χ4n) is 3.33. The number of rotatable bonds is 7. The van der Waals surface area contributed by atoms with Crippen molar-refractivity contribution >= 4 is 0 Å². The summed E-state index contributed by atoms with van der Waals surface area (Å²) in [4.78, 5) is 0. The summed E-state index contributed by atoms with van der Waals surface area (Å²) in [5.41, 5.74) is 1.02. The lowest BCUT2D eigenvalue weighted by Gasteiger charge is -2.44. The normalized spacial score (nSPS) is 40.7. The second-order valence-electron chi connectivity index (χ2n) is 7.16. The zero-order chi connectivity index (χ0) is 21.0. The van der Waals surface area contributed by atoms with Crippen LogP contribution in [0.3, 0.4) is 0 Å². The van der Waals surface area contributed by atoms with Crippen molar-refractivity contribution in [3.63, 3.8) is 0 Å². The average Bonchev–Trinajstić information content (AvgIpc) is 2.73. The summed E-state index contributed by atoms with van der Waals surface area (Å²) < 4.78 is 22.0. The largest absolute Gasteiger partial charge is 0.394 e. The molecule has 0 amide bonds. The first-order valence-corrected chi connectivity index (χ1v) is 9.51. The van der Waals surface area contributed by atoms with Crippen molar-refractivity contribution in [2.75, 3.05) is 19.8 Å². The summed E-state index contributed by atoms with van der Waals surface area (Å²) in [6, 6.07) is 9.52. The maximum atomic E-state index is 10.5. The lowest BCUT2D eigenvalue weighted by atomic mass is 9.98. The lowest BCUT2D eigenvalue weighted by Crippen LogP contribution is -2.63. The van der Waals surface area contributed by atoms with Gasteiger partial charge in [0.1, 0.15) is 42.7 Å². The number of hydrogen-bond acceptors (Lipinski definition) is 10. The molecule has 1 aromatic rings. The van der Waals surface area contributed by atoms with Crippen LogP contribution in [0.5, 0.6) is 0 Å². The Bertz CT molecular complexity index is 616. The molecule has 0 bridgehead atoms. The molecule has 0 saturated carbocycles. The Hall–Kier alpha value is -1.18. The molecule has 9 atom stereocenters. The Morgan fingerprint density at radius 3 is 2.31 bits per heavy atom. The van der Waals surface area contributed by atoms with Gasteiger partial charge in [0.15, 0.2) is 12.6 Å². The summed E-state index contributed by atoms with van der Waals surface area (Å²) in [6.45, 7) is -0.629. The van der Waals surface area contributed by atoms with E-state index in [1.165, 1.54) is 0 Å². The van der Waals surface area contributed by atoms with Gasteiger partial charge in [-0.15, -0.1) is 0 Å². The van der Waals surface area contributed by atoms with Gasteiger partial charge >= 0.3 is 0 Å². The summed E-state index contributed by atoms with van der Waals surface area (Å²) >= 11 is 0. The highest BCUT2D eigenvalue weighted by molar-refractivity contribution is 5.14. The molecule has 10 heteroatoms. The maximum Gasteiger partial charge on any atom is 0.187 e. The van der Waals surface area contributed by atoms with Gasteiger partial charge < -0.3 is 49.6 Å². The molecule has 1 aromatic carbocycles. The van der Waals surface area contributed by atoms with Crippen molar-refractivity contribution in [3.05, 3.63) is 35.9 Å². The van der Waals surface area contributed by atoms with Crippen molar-refractivity contribution in [2.24, 2.45) is 0 Å². The first-order valence-electron chi connectivity index (χ1n) is 9.51. The minimum atomic E-state index is -1.58. The summed E-state index contributed by atoms with van der Waals surface area (Å²) in [5.74, 6) is 0. The molecule has 2 saturated heterocycles. The van der Waals surface area contributed by atoms with E-state index in [4.69, 9.17) is 18.9 Å². The van der Waals surface area contributed by atoms with Crippen molar-refractivity contribution in [1.82, 2.24) is 0 Å². The van der Waals surface area contributed by atoms with Gasteiger partial charge in [-0.1, -0.05) is 30.3 Å². The molecule has 0 aromatic heterocycles. The third kappa shape index (κ3) is 5.30. The smallest absolute Gasteiger partial charge is 0.187 e. The molecule has 6 N–H and O–H groups in total. The van der Waals surface area contributed by atoms with Gasteiger partial charge in [0.05, 0.1) is 19.8 Å². The molecular weight excluding hydrogens is 388 g/mol. The number of benzene rings is 1. The summed E-state index contributed by atoms with van der Waals surface area (Å²) in [5, 5.41) is 59.5. The molecule has 3 rings (SSSR count). The zero-order valence-electron chi connectivity index (χ0n) is 15.7. The van der Waals surface area contributed by atoms with E-state index in [1.54, 1.807) is 0 Å². The zero-order valence-corrected chi connectivity index (χ0v) is 15.7. The van der Waals surface area contributed by atoms with E-state index >= 15 is 0 Å². The van der Waals surface area contributed by atoms with Gasteiger partial charge in [-0.25, -0.2) is 0 Å². The summed E-state index contributed by atoms with van der Waals surface area (Å²) in [7, 11) is 0. The highest BCUT2D eigenvalue weighted by Gasteiger charge is 2.49. The Balaban J connectivity index is 1.66. The Labute approximate surface area is 167 Å². The fourth-order valence-corrected chi connectivity index (χ4v) is 3.33. The lowest BCUT2D eigenvalue weighted by molar-refractivity contribution is -0.356. The van der Waals surface area contributed by atoms with Gasteiger partial charge in [-0.2, -0.15) is 0 Å².